The highest BCUT2D eigenvalue weighted by molar-refractivity contribution is 7.12. The van der Waals surface area contributed by atoms with Crippen molar-refractivity contribution in [3.63, 3.8) is 0 Å². The van der Waals surface area contributed by atoms with Gasteiger partial charge in [0.2, 0.25) is 0 Å². The zero-order chi connectivity index (χ0) is 18.5. The Morgan fingerprint density at radius 1 is 1.22 bits per heavy atom. The predicted molar refractivity (Wildman–Crippen MR) is 102 cm³/mol. The lowest BCUT2D eigenvalue weighted by Gasteiger charge is -2.35. The first kappa shape index (κ1) is 16.6. The summed E-state index contributed by atoms with van der Waals surface area (Å²) >= 11 is 1.51. The van der Waals surface area contributed by atoms with Crippen molar-refractivity contribution in [2.75, 3.05) is 0 Å². The Bertz CT molecular complexity index is 1030. The molecule has 0 spiro atoms. The van der Waals surface area contributed by atoms with Crippen LogP contribution in [-0.4, -0.2) is 26.8 Å². The minimum Gasteiger partial charge on any atom is -0.327 e. The van der Waals surface area contributed by atoms with Crippen LogP contribution in [0.3, 0.4) is 0 Å². The van der Waals surface area contributed by atoms with Gasteiger partial charge in [-0.25, -0.2) is 14.4 Å². The standard InChI is InChI=1S/C21H18FN3OS/c1-12-8-9-27-19(12)21(26)25-15-6-7-18(25)16-11-23-20(24-17(16)10-15)13-2-4-14(22)5-3-13/h2-5,8-9,11,15,18H,6-7,10H2,1H3. The van der Waals surface area contributed by atoms with E-state index in [1.807, 2.05) is 29.5 Å². The smallest absolute Gasteiger partial charge is 0.264 e. The minimum absolute atomic E-state index is 0.0509. The van der Waals surface area contributed by atoms with E-state index in [2.05, 4.69) is 4.98 Å². The van der Waals surface area contributed by atoms with Crippen LogP contribution in [0.2, 0.25) is 0 Å². The van der Waals surface area contributed by atoms with Gasteiger partial charge in [-0.15, -0.1) is 11.3 Å². The summed E-state index contributed by atoms with van der Waals surface area (Å²) in [4.78, 5) is 25.3. The van der Waals surface area contributed by atoms with Crippen molar-refractivity contribution >= 4 is 17.2 Å². The Kier molecular flexibility index (Phi) is 3.82. The number of halogens is 1. The van der Waals surface area contributed by atoms with Gasteiger partial charge in [-0.2, -0.15) is 0 Å². The zero-order valence-corrected chi connectivity index (χ0v) is 15.7. The van der Waals surface area contributed by atoms with Crippen LogP contribution in [0.15, 0.2) is 41.9 Å². The Morgan fingerprint density at radius 2 is 2.04 bits per heavy atom. The fourth-order valence-electron chi connectivity index (χ4n) is 4.23. The van der Waals surface area contributed by atoms with Gasteiger partial charge in [0.1, 0.15) is 5.82 Å². The van der Waals surface area contributed by atoms with Gasteiger partial charge in [0.05, 0.1) is 16.6 Å². The second-order valence-corrected chi connectivity index (χ2v) is 8.11. The number of hydrogen-bond acceptors (Lipinski definition) is 4. The largest absolute Gasteiger partial charge is 0.327 e. The average molecular weight is 379 g/mol. The summed E-state index contributed by atoms with van der Waals surface area (Å²) < 4.78 is 13.2. The molecule has 27 heavy (non-hydrogen) atoms. The molecule has 5 rings (SSSR count). The van der Waals surface area contributed by atoms with Gasteiger partial charge >= 0.3 is 0 Å². The Hall–Kier alpha value is -2.60. The number of fused-ring (bicyclic) bond motifs is 4. The molecule has 6 heteroatoms. The third kappa shape index (κ3) is 2.67. The van der Waals surface area contributed by atoms with Crippen molar-refractivity contribution in [2.24, 2.45) is 0 Å². The topological polar surface area (TPSA) is 46.1 Å². The second kappa shape index (κ2) is 6.23. The molecule has 2 unspecified atom stereocenters. The fourth-order valence-corrected chi connectivity index (χ4v) is 5.10. The number of carbonyl (C=O) groups excluding carboxylic acids is 1. The van der Waals surface area contributed by atoms with Crippen LogP contribution in [-0.2, 0) is 6.42 Å². The average Bonchev–Trinajstić information content (AvgIpc) is 3.24. The summed E-state index contributed by atoms with van der Waals surface area (Å²) in [6, 6.07) is 8.48. The van der Waals surface area contributed by atoms with Crippen molar-refractivity contribution < 1.29 is 9.18 Å². The van der Waals surface area contributed by atoms with Crippen molar-refractivity contribution in [1.82, 2.24) is 14.9 Å². The van der Waals surface area contributed by atoms with Crippen LogP contribution in [0.5, 0.6) is 0 Å². The summed E-state index contributed by atoms with van der Waals surface area (Å²) in [5.74, 6) is 0.470. The van der Waals surface area contributed by atoms with E-state index in [0.717, 1.165) is 46.5 Å². The summed E-state index contributed by atoms with van der Waals surface area (Å²) in [5.41, 5.74) is 3.92. The normalized spacial score (nSPS) is 20.6. The quantitative estimate of drug-likeness (QED) is 0.656. The van der Waals surface area contributed by atoms with E-state index in [9.17, 15) is 9.18 Å². The third-order valence-corrected chi connectivity index (χ3v) is 6.59. The molecule has 1 amide bonds. The monoisotopic (exact) mass is 379 g/mol. The Labute approximate surface area is 160 Å². The molecular weight excluding hydrogens is 361 g/mol. The van der Waals surface area contributed by atoms with Gasteiger partial charge in [-0.05, 0) is 61.0 Å². The number of thiophene rings is 1. The van der Waals surface area contributed by atoms with Crippen LogP contribution in [0.25, 0.3) is 11.4 Å². The molecule has 136 valence electrons. The number of hydrogen-bond donors (Lipinski definition) is 0. The molecule has 4 nitrogen and oxygen atoms in total. The lowest BCUT2D eigenvalue weighted by atomic mass is 9.98. The van der Waals surface area contributed by atoms with Gasteiger partial charge in [0.25, 0.3) is 5.91 Å². The van der Waals surface area contributed by atoms with E-state index in [4.69, 9.17) is 4.98 Å². The molecule has 3 aromatic rings. The molecule has 2 bridgehead atoms. The number of aryl methyl sites for hydroxylation is 1. The first-order chi connectivity index (χ1) is 13.1. The molecule has 2 atom stereocenters. The molecular formula is C21H18FN3OS. The summed E-state index contributed by atoms with van der Waals surface area (Å²) in [5, 5.41) is 1.97. The van der Waals surface area contributed by atoms with E-state index in [1.54, 1.807) is 12.1 Å². The van der Waals surface area contributed by atoms with E-state index >= 15 is 0 Å². The van der Waals surface area contributed by atoms with Crippen LogP contribution in [0.1, 0.15) is 45.4 Å². The molecule has 0 radical (unpaired) electrons. The number of carbonyl (C=O) groups is 1. The lowest BCUT2D eigenvalue weighted by Crippen LogP contribution is -2.42. The van der Waals surface area contributed by atoms with Gasteiger partial charge in [-0.3, -0.25) is 4.79 Å². The van der Waals surface area contributed by atoms with Crippen LogP contribution < -0.4 is 0 Å². The molecule has 0 saturated carbocycles. The van der Waals surface area contributed by atoms with E-state index in [0.29, 0.717) is 5.82 Å². The van der Waals surface area contributed by atoms with Gasteiger partial charge < -0.3 is 4.90 Å². The molecule has 1 saturated heterocycles. The molecule has 1 fully saturated rings. The van der Waals surface area contributed by atoms with Gasteiger partial charge in [-0.1, -0.05) is 0 Å². The molecule has 0 aliphatic carbocycles. The molecule has 2 aliphatic heterocycles. The van der Waals surface area contributed by atoms with Crippen molar-refractivity contribution in [3.05, 3.63) is 69.4 Å². The first-order valence-corrected chi connectivity index (χ1v) is 9.98. The number of benzene rings is 1. The Balaban J connectivity index is 1.50. The highest BCUT2D eigenvalue weighted by Gasteiger charge is 2.44. The fraction of sp³-hybridized carbons (Fsp3) is 0.286. The minimum atomic E-state index is -0.271. The summed E-state index contributed by atoms with van der Waals surface area (Å²) in [7, 11) is 0. The molecule has 2 aromatic heterocycles. The second-order valence-electron chi connectivity index (χ2n) is 7.20. The number of aromatic nitrogens is 2. The third-order valence-electron chi connectivity index (χ3n) is 5.58. The molecule has 2 aliphatic rings. The van der Waals surface area contributed by atoms with Crippen LogP contribution in [0, 0.1) is 12.7 Å². The van der Waals surface area contributed by atoms with Crippen molar-refractivity contribution in [3.8, 4) is 11.4 Å². The number of nitrogens with zero attached hydrogens (tertiary/aromatic N) is 3. The molecule has 4 heterocycles. The number of amides is 1. The maximum absolute atomic E-state index is 13.2. The highest BCUT2D eigenvalue weighted by atomic mass is 32.1. The molecule has 1 aromatic carbocycles. The summed E-state index contributed by atoms with van der Waals surface area (Å²) in [6.45, 7) is 1.99. The van der Waals surface area contributed by atoms with Gasteiger partial charge in [0.15, 0.2) is 5.82 Å². The van der Waals surface area contributed by atoms with Gasteiger partial charge in [0, 0.05) is 29.8 Å². The SMILES string of the molecule is Cc1ccsc1C(=O)N1C2CCC1c1cnc(-c3ccc(F)cc3)nc1C2. The predicted octanol–water partition coefficient (Wildman–Crippen LogP) is 4.55. The first-order valence-electron chi connectivity index (χ1n) is 9.10. The van der Waals surface area contributed by atoms with Crippen LogP contribution >= 0.6 is 11.3 Å². The number of rotatable bonds is 2. The van der Waals surface area contributed by atoms with Crippen molar-refractivity contribution in [2.45, 2.75) is 38.3 Å². The van der Waals surface area contributed by atoms with E-state index in [1.165, 1.54) is 23.5 Å². The van der Waals surface area contributed by atoms with Crippen molar-refractivity contribution in [1.29, 1.82) is 0 Å². The molecule has 0 N–H and O–H groups in total. The maximum atomic E-state index is 13.2. The maximum Gasteiger partial charge on any atom is 0.264 e. The summed E-state index contributed by atoms with van der Waals surface area (Å²) in [6.07, 6.45) is 4.55. The zero-order valence-electron chi connectivity index (χ0n) is 14.9. The highest BCUT2D eigenvalue weighted by Crippen LogP contribution is 2.44. The Morgan fingerprint density at radius 3 is 2.78 bits per heavy atom. The lowest BCUT2D eigenvalue weighted by molar-refractivity contribution is 0.0648. The van der Waals surface area contributed by atoms with Crippen LogP contribution in [0.4, 0.5) is 4.39 Å². The van der Waals surface area contributed by atoms with E-state index in [-0.39, 0.29) is 23.8 Å². The van der Waals surface area contributed by atoms with E-state index < -0.39 is 0 Å².